The van der Waals surface area contributed by atoms with E-state index in [1.165, 1.54) is 5.39 Å². The van der Waals surface area contributed by atoms with Crippen LogP contribution in [0.15, 0.2) is 71.8 Å². The molecule has 0 fully saturated rings. The van der Waals surface area contributed by atoms with Gasteiger partial charge in [0.25, 0.3) is 5.91 Å². The Kier molecular flexibility index (Phi) is 4.57. The van der Waals surface area contributed by atoms with Gasteiger partial charge in [0.15, 0.2) is 0 Å². The molecule has 3 aromatic carbocycles. The minimum Gasteiger partial charge on any atom is -0.497 e. The van der Waals surface area contributed by atoms with Gasteiger partial charge in [-0.1, -0.05) is 36.4 Å². The number of carbonyl (C=O) groups excluding carboxylic acids is 1. The summed E-state index contributed by atoms with van der Waals surface area (Å²) in [7, 11) is 1.59. The van der Waals surface area contributed by atoms with Crippen LogP contribution in [0.4, 0.5) is 0 Å². The molecule has 0 saturated heterocycles. The molecule has 120 valence electrons. The van der Waals surface area contributed by atoms with Crippen LogP contribution in [0, 0.1) is 0 Å². The van der Waals surface area contributed by atoms with Crippen molar-refractivity contribution in [1.82, 2.24) is 5.43 Å². The Morgan fingerprint density at radius 1 is 0.917 bits per heavy atom. The molecule has 0 radical (unpaired) electrons. The van der Waals surface area contributed by atoms with E-state index in [2.05, 4.69) is 34.8 Å². The molecule has 24 heavy (non-hydrogen) atoms. The maximum Gasteiger partial charge on any atom is 0.271 e. The molecule has 0 heterocycles. The SMILES string of the molecule is COc1ccc(C(=O)N/N=C(\C)c2ccc3ccccc3c2)cc1. The number of amides is 1. The summed E-state index contributed by atoms with van der Waals surface area (Å²) in [5.74, 6) is 0.459. The van der Waals surface area contributed by atoms with Gasteiger partial charge < -0.3 is 4.74 Å². The van der Waals surface area contributed by atoms with E-state index < -0.39 is 0 Å². The Balaban J connectivity index is 1.75. The number of hydrazone groups is 1. The molecular weight excluding hydrogens is 300 g/mol. The molecule has 0 atom stereocenters. The first-order valence-electron chi connectivity index (χ1n) is 7.65. The predicted molar refractivity (Wildman–Crippen MR) is 96.6 cm³/mol. The van der Waals surface area contributed by atoms with Gasteiger partial charge >= 0.3 is 0 Å². The van der Waals surface area contributed by atoms with Gasteiger partial charge in [-0.2, -0.15) is 5.10 Å². The van der Waals surface area contributed by atoms with Gasteiger partial charge in [0, 0.05) is 5.56 Å². The van der Waals surface area contributed by atoms with E-state index >= 15 is 0 Å². The van der Waals surface area contributed by atoms with Crippen molar-refractivity contribution >= 4 is 22.4 Å². The molecule has 1 amide bonds. The number of fused-ring (bicyclic) bond motifs is 1. The fourth-order valence-corrected chi connectivity index (χ4v) is 2.42. The molecule has 0 bridgehead atoms. The Morgan fingerprint density at radius 3 is 2.29 bits per heavy atom. The lowest BCUT2D eigenvalue weighted by Gasteiger charge is -2.05. The number of rotatable bonds is 4. The molecule has 3 rings (SSSR count). The Morgan fingerprint density at radius 2 is 1.58 bits per heavy atom. The quantitative estimate of drug-likeness (QED) is 0.584. The minimum atomic E-state index is -0.252. The molecule has 0 unspecified atom stereocenters. The average Bonchev–Trinajstić information content (AvgIpc) is 2.65. The highest BCUT2D eigenvalue weighted by Gasteiger charge is 2.05. The molecule has 0 aromatic heterocycles. The minimum absolute atomic E-state index is 0.252. The normalized spacial score (nSPS) is 11.3. The Bertz CT molecular complexity index is 899. The summed E-state index contributed by atoms with van der Waals surface area (Å²) in [5.41, 5.74) is 4.85. The van der Waals surface area contributed by atoms with E-state index in [-0.39, 0.29) is 5.91 Å². The van der Waals surface area contributed by atoms with Crippen molar-refractivity contribution in [3.8, 4) is 5.75 Å². The zero-order valence-corrected chi connectivity index (χ0v) is 13.6. The van der Waals surface area contributed by atoms with Crippen molar-refractivity contribution in [3.63, 3.8) is 0 Å². The summed E-state index contributed by atoms with van der Waals surface area (Å²) in [6.07, 6.45) is 0. The number of benzene rings is 3. The lowest BCUT2D eigenvalue weighted by Crippen LogP contribution is -2.19. The highest BCUT2D eigenvalue weighted by atomic mass is 16.5. The number of carbonyl (C=O) groups is 1. The smallest absolute Gasteiger partial charge is 0.271 e. The summed E-state index contributed by atoms with van der Waals surface area (Å²) in [6, 6.07) is 21.2. The van der Waals surface area contributed by atoms with Crippen LogP contribution in [0.25, 0.3) is 10.8 Å². The van der Waals surface area contributed by atoms with Gasteiger partial charge in [0.1, 0.15) is 5.75 Å². The van der Waals surface area contributed by atoms with Crippen molar-refractivity contribution in [2.75, 3.05) is 7.11 Å². The number of methoxy groups -OCH3 is 1. The zero-order chi connectivity index (χ0) is 16.9. The second-order valence-corrected chi connectivity index (χ2v) is 5.43. The number of hydrogen-bond donors (Lipinski definition) is 1. The summed E-state index contributed by atoms with van der Waals surface area (Å²) >= 11 is 0. The molecule has 1 N–H and O–H groups in total. The van der Waals surface area contributed by atoms with Gasteiger partial charge in [0.2, 0.25) is 0 Å². The fraction of sp³-hybridized carbons (Fsp3) is 0.100. The third-order valence-corrected chi connectivity index (χ3v) is 3.84. The molecule has 4 heteroatoms. The van der Waals surface area contributed by atoms with Crippen molar-refractivity contribution in [2.24, 2.45) is 5.10 Å². The van der Waals surface area contributed by atoms with Crippen LogP contribution in [0.1, 0.15) is 22.8 Å². The highest BCUT2D eigenvalue weighted by molar-refractivity contribution is 6.03. The van der Waals surface area contributed by atoms with Crippen LogP contribution in [-0.4, -0.2) is 18.7 Å². The molecule has 0 aliphatic heterocycles. The lowest BCUT2D eigenvalue weighted by molar-refractivity contribution is 0.0955. The Hall–Kier alpha value is -3.14. The second kappa shape index (κ2) is 6.96. The first kappa shape index (κ1) is 15.7. The third kappa shape index (κ3) is 3.43. The summed E-state index contributed by atoms with van der Waals surface area (Å²) in [6.45, 7) is 1.87. The first-order valence-corrected chi connectivity index (χ1v) is 7.65. The summed E-state index contributed by atoms with van der Waals surface area (Å²) in [4.78, 5) is 12.1. The van der Waals surface area contributed by atoms with Gasteiger partial charge in [-0.3, -0.25) is 4.79 Å². The molecule has 3 aromatic rings. The van der Waals surface area contributed by atoms with Crippen molar-refractivity contribution < 1.29 is 9.53 Å². The standard InChI is InChI=1S/C20H18N2O2/c1-14(17-8-7-15-5-3-4-6-18(15)13-17)21-22-20(23)16-9-11-19(24-2)12-10-16/h3-13H,1-2H3,(H,22,23)/b21-14+. The molecule has 0 spiro atoms. The largest absolute Gasteiger partial charge is 0.497 e. The monoisotopic (exact) mass is 318 g/mol. The van der Waals surface area contributed by atoms with E-state index in [0.717, 1.165) is 16.7 Å². The van der Waals surface area contributed by atoms with Gasteiger partial charge in [0.05, 0.1) is 12.8 Å². The third-order valence-electron chi connectivity index (χ3n) is 3.84. The van der Waals surface area contributed by atoms with Crippen LogP contribution in [0.3, 0.4) is 0 Å². The van der Waals surface area contributed by atoms with Crippen molar-refractivity contribution in [3.05, 3.63) is 77.9 Å². The maximum atomic E-state index is 12.1. The number of ether oxygens (including phenoxy) is 1. The average molecular weight is 318 g/mol. The van der Waals surface area contributed by atoms with E-state index in [1.807, 2.05) is 25.1 Å². The van der Waals surface area contributed by atoms with Crippen molar-refractivity contribution in [2.45, 2.75) is 6.92 Å². The summed E-state index contributed by atoms with van der Waals surface area (Å²) in [5, 5.41) is 6.53. The molecular formula is C20H18N2O2. The second-order valence-electron chi connectivity index (χ2n) is 5.43. The van der Waals surface area contributed by atoms with E-state index in [4.69, 9.17) is 4.74 Å². The zero-order valence-electron chi connectivity index (χ0n) is 13.6. The highest BCUT2D eigenvalue weighted by Crippen LogP contribution is 2.16. The fourth-order valence-electron chi connectivity index (χ4n) is 2.42. The predicted octanol–water partition coefficient (Wildman–Crippen LogP) is 4.00. The number of nitrogens with one attached hydrogen (secondary N) is 1. The van der Waals surface area contributed by atoms with Crippen LogP contribution < -0.4 is 10.2 Å². The molecule has 0 aliphatic carbocycles. The van der Waals surface area contributed by atoms with E-state index in [0.29, 0.717) is 11.3 Å². The summed E-state index contributed by atoms with van der Waals surface area (Å²) < 4.78 is 5.08. The maximum absolute atomic E-state index is 12.1. The van der Waals surface area contributed by atoms with Crippen LogP contribution in [0.5, 0.6) is 5.75 Å². The van der Waals surface area contributed by atoms with Crippen molar-refractivity contribution in [1.29, 1.82) is 0 Å². The molecule has 0 aliphatic rings. The van der Waals surface area contributed by atoms with Gasteiger partial charge in [-0.05, 0) is 53.6 Å². The molecule has 0 saturated carbocycles. The van der Waals surface area contributed by atoms with E-state index in [9.17, 15) is 4.79 Å². The topological polar surface area (TPSA) is 50.7 Å². The number of hydrogen-bond acceptors (Lipinski definition) is 3. The van der Waals surface area contributed by atoms with Gasteiger partial charge in [-0.15, -0.1) is 0 Å². The molecule has 4 nitrogen and oxygen atoms in total. The lowest BCUT2D eigenvalue weighted by atomic mass is 10.0. The Labute approximate surface area is 140 Å². The number of nitrogens with zero attached hydrogens (tertiary/aromatic N) is 1. The van der Waals surface area contributed by atoms with Gasteiger partial charge in [-0.25, -0.2) is 5.43 Å². The van der Waals surface area contributed by atoms with Crippen LogP contribution in [0.2, 0.25) is 0 Å². The first-order chi connectivity index (χ1) is 11.7. The van der Waals surface area contributed by atoms with E-state index in [1.54, 1.807) is 31.4 Å². The van der Waals surface area contributed by atoms with Crippen LogP contribution in [-0.2, 0) is 0 Å². The van der Waals surface area contributed by atoms with Crippen LogP contribution >= 0.6 is 0 Å².